The zero-order valence-electron chi connectivity index (χ0n) is 24.1. The van der Waals surface area contributed by atoms with Crippen molar-refractivity contribution in [3.8, 4) is 0 Å². The highest BCUT2D eigenvalue weighted by atomic mass is 16.4. The molecule has 0 saturated heterocycles. The molecular weight excluding hydrogens is 498 g/mol. The van der Waals surface area contributed by atoms with Crippen molar-refractivity contribution < 1.29 is 14.7 Å². The molecule has 0 atom stereocenters. The Kier molecular flexibility index (Phi) is 8.10. The summed E-state index contributed by atoms with van der Waals surface area (Å²) in [4.78, 5) is 27.4. The largest absolute Gasteiger partial charge is 0.477 e. The van der Waals surface area contributed by atoms with Crippen LogP contribution >= 0.6 is 0 Å². The molecule has 0 unspecified atom stereocenters. The van der Waals surface area contributed by atoms with Gasteiger partial charge in [-0.15, -0.1) is 0 Å². The summed E-state index contributed by atoms with van der Waals surface area (Å²) in [5.74, 6) is -2.07. The molecule has 4 rings (SSSR count). The predicted molar refractivity (Wildman–Crippen MR) is 164 cm³/mol. The number of allylic oxidation sites excluding steroid dienone is 3. The molecule has 0 saturated carbocycles. The quantitative estimate of drug-likeness (QED) is 0.164. The summed E-state index contributed by atoms with van der Waals surface area (Å²) in [6.07, 6.45) is 0.998. The van der Waals surface area contributed by atoms with Gasteiger partial charge in [-0.25, -0.2) is 4.79 Å². The van der Waals surface area contributed by atoms with Gasteiger partial charge in [0.25, 0.3) is 5.91 Å². The van der Waals surface area contributed by atoms with Gasteiger partial charge in [-0.2, -0.15) is 0 Å². The number of amides is 1. The Labute approximate surface area is 236 Å². The van der Waals surface area contributed by atoms with E-state index in [0.29, 0.717) is 11.3 Å². The lowest BCUT2D eigenvalue weighted by Gasteiger charge is -2.40. The molecule has 3 N–H and O–H groups in total. The number of nitrogens with one attached hydrogen (secondary N) is 2. The highest BCUT2D eigenvalue weighted by molar-refractivity contribution is 6.49. The number of fused-ring (bicyclic) bond motifs is 1. The minimum atomic E-state index is -1.45. The predicted octanol–water partition coefficient (Wildman–Crippen LogP) is 7.67. The zero-order valence-corrected chi connectivity index (χ0v) is 24.1. The molecule has 3 aromatic carbocycles. The van der Waals surface area contributed by atoms with Gasteiger partial charge in [-0.05, 0) is 104 Å². The molecule has 0 aliphatic carbocycles. The number of carbonyl (C=O) groups excluding carboxylic acids is 1. The summed E-state index contributed by atoms with van der Waals surface area (Å²) >= 11 is 0. The number of hydrogen-bond donors (Lipinski definition) is 3. The molecule has 1 amide bonds. The number of nitrogens with zero attached hydrogens (tertiary/aromatic N) is 1. The first-order chi connectivity index (χ1) is 18.9. The summed E-state index contributed by atoms with van der Waals surface area (Å²) < 4.78 is 0. The molecule has 0 radical (unpaired) electrons. The van der Waals surface area contributed by atoms with Gasteiger partial charge in [0, 0.05) is 23.6 Å². The van der Waals surface area contributed by atoms with Crippen molar-refractivity contribution >= 4 is 40.2 Å². The summed E-state index contributed by atoms with van der Waals surface area (Å²) in [6, 6.07) is 23.9. The average Bonchev–Trinajstić information content (AvgIpc) is 2.93. The second-order valence-corrected chi connectivity index (χ2v) is 11.1. The molecule has 0 aromatic heterocycles. The number of rotatable bonds is 7. The lowest BCUT2D eigenvalue weighted by molar-refractivity contribution is -0.129. The third kappa shape index (κ3) is 5.76. The van der Waals surface area contributed by atoms with E-state index in [4.69, 9.17) is 5.41 Å². The molecule has 6 nitrogen and oxygen atoms in total. The number of anilines is 3. The fraction of sp³-hybridized carbons (Fsp3) is 0.265. The highest BCUT2D eigenvalue weighted by Crippen LogP contribution is 2.44. The Hall–Kier alpha value is -4.45. The first-order valence-electron chi connectivity index (χ1n) is 13.5. The first kappa shape index (κ1) is 28.6. The Morgan fingerprint density at radius 2 is 1.57 bits per heavy atom. The van der Waals surface area contributed by atoms with Gasteiger partial charge < -0.3 is 15.3 Å². The third-order valence-electron chi connectivity index (χ3n) is 7.98. The van der Waals surface area contributed by atoms with Crippen LogP contribution in [0.25, 0.3) is 5.57 Å². The fourth-order valence-electron chi connectivity index (χ4n) is 5.16. The van der Waals surface area contributed by atoms with Gasteiger partial charge in [0.05, 0.1) is 5.57 Å². The maximum absolute atomic E-state index is 13.2. The lowest BCUT2D eigenvalue weighted by Crippen LogP contribution is -2.34. The van der Waals surface area contributed by atoms with Crippen LogP contribution in [0.4, 0.5) is 17.1 Å². The highest BCUT2D eigenvalue weighted by Gasteiger charge is 2.32. The molecule has 0 fully saturated rings. The van der Waals surface area contributed by atoms with Crippen molar-refractivity contribution in [3.05, 3.63) is 106 Å². The first-order valence-corrected chi connectivity index (χ1v) is 13.5. The number of para-hydroxylation sites is 1. The maximum Gasteiger partial charge on any atom is 0.354 e. The number of hydrogen-bond acceptors (Lipinski definition) is 4. The molecule has 0 bridgehead atoms. The second-order valence-electron chi connectivity index (χ2n) is 11.1. The van der Waals surface area contributed by atoms with Crippen molar-refractivity contribution in [2.45, 2.75) is 53.4 Å². The van der Waals surface area contributed by atoms with E-state index in [9.17, 15) is 14.7 Å². The van der Waals surface area contributed by atoms with Gasteiger partial charge >= 0.3 is 5.97 Å². The van der Waals surface area contributed by atoms with E-state index in [0.717, 1.165) is 29.7 Å². The molecular formula is C34H37N3O3. The van der Waals surface area contributed by atoms with E-state index in [1.54, 1.807) is 31.2 Å². The Bertz CT molecular complexity index is 1530. The molecule has 1 heterocycles. The minimum absolute atomic E-state index is 0.0300. The van der Waals surface area contributed by atoms with Crippen molar-refractivity contribution in [2.75, 3.05) is 16.8 Å². The molecule has 6 heteroatoms. The van der Waals surface area contributed by atoms with Crippen LogP contribution in [0.5, 0.6) is 0 Å². The number of carbonyl (C=O) groups is 2. The molecule has 40 heavy (non-hydrogen) atoms. The van der Waals surface area contributed by atoms with Crippen LogP contribution in [-0.2, 0) is 15.0 Å². The van der Waals surface area contributed by atoms with Crippen LogP contribution in [-0.4, -0.2) is 29.2 Å². The van der Waals surface area contributed by atoms with Crippen molar-refractivity contribution in [1.29, 1.82) is 5.41 Å². The summed E-state index contributed by atoms with van der Waals surface area (Å²) in [5, 5.41) is 20.6. The molecule has 3 aromatic rings. The van der Waals surface area contributed by atoms with Crippen molar-refractivity contribution in [3.63, 3.8) is 0 Å². The number of carboxylic acids is 1. The summed E-state index contributed by atoms with van der Waals surface area (Å²) in [5.41, 5.74) is 7.55. The number of aliphatic carboxylic acids is 1. The minimum Gasteiger partial charge on any atom is -0.477 e. The van der Waals surface area contributed by atoms with Crippen LogP contribution in [0, 0.1) is 12.3 Å². The van der Waals surface area contributed by atoms with Gasteiger partial charge in [0.2, 0.25) is 0 Å². The Morgan fingerprint density at radius 1 is 0.925 bits per heavy atom. The third-order valence-corrected chi connectivity index (χ3v) is 7.98. The van der Waals surface area contributed by atoms with Gasteiger partial charge in [0.15, 0.2) is 5.71 Å². The molecule has 1 aliphatic heterocycles. The zero-order chi connectivity index (χ0) is 29.2. The standard InChI is InChI=1S/C34H37N3O3/c1-21-12-15-27(16-13-21)37-19-18-34(5,6)28-20-25(14-17-29(28)37)23(3)22(2)24(4)30(31(35)33(39)40)32(38)36-26-10-8-7-9-11-26/h7-17,20,35H,18-19H2,1-6H3,(H,36,38)(H,39,40)/b23-22+,30-24-,35-31?. The SMILES string of the molecule is CC(=C(\C(=N)C(=O)O)C(=O)Nc1ccccc1)/C(C)=C(\C)c1ccc2c(c1)C(C)(C)CCN2c1ccc(C)cc1. The fourth-order valence-corrected chi connectivity index (χ4v) is 5.16. The number of carboxylic acid groups (broad SMARTS) is 1. The van der Waals surface area contributed by atoms with E-state index in [2.05, 4.69) is 73.5 Å². The van der Waals surface area contributed by atoms with Crippen LogP contribution in [0.2, 0.25) is 0 Å². The molecule has 1 aliphatic rings. The number of benzene rings is 3. The van der Waals surface area contributed by atoms with E-state index in [1.165, 1.54) is 22.5 Å². The monoisotopic (exact) mass is 535 g/mol. The van der Waals surface area contributed by atoms with E-state index in [-0.39, 0.29) is 11.0 Å². The molecule has 0 spiro atoms. The van der Waals surface area contributed by atoms with Crippen LogP contribution in [0.1, 0.15) is 57.7 Å². The van der Waals surface area contributed by atoms with Gasteiger partial charge in [-0.3, -0.25) is 10.2 Å². The summed E-state index contributed by atoms with van der Waals surface area (Å²) in [7, 11) is 0. The smallest absolute Gasteiger partial charge is 0.354 e. The Balaban J connectivity index is 1.78. The summed E-state index contributed by atoms with van der Waals surface area (Å²) in [6.45, 7) is 13.1. The van der Waals surface area contributed by atoms with Crippen LogP contribution in [0.3, 0.4) is 0 Å². The van der Waals surface area contributed by atoms with Gasteiger partial charge in [-0.1, -0.05) is 55.8 Å². The average molecular weight is 536 g/mol. The number of aryl methyl sites for hydroxylation is 1. The van der Waals surface area contributed by atoms with E-state index >= 15 is 0 Å². The van der Waals surface area contributed by atoms with Gasteiger partial charge in [0.1, 0.15) is 0 Å². The van der Waals surface area contributed by atoms with E-state index in [1.807, 2.05) is 19.9 Å². The van der Waals surface area contributed by atoms with Crippen LogP contribution in [0.15, 0.2) is 89.5 Å². The van der Waals surface area contributed by atoms with E-state index < -0.39 is 17.6 Å². The van der Waals surface area contributed by atoms with Crippen molar-refractivity contribution in [1.82, 2.24) is 0 Å². The normalized spacial score (nSPS) is 15.4. The Morgan fingerprint density at radius 3 is 2.20 bits per heavy atom. The second kappa shape index (κ2) is 11.3. The topological polar surface area (TPSA) is 93.5 Å². The lowest BCUT2D eigenvalue weighted by atomic mass is 9.76. The van der Waals surface area contributed by atoms with Crippen LogP contribution < -0.4 is 10.2 Å². The van der Waals surface area contributed by atoms with Crippen molar-refractivity contribution in [2.24, 2.45) is 0 Å². The maximum atomic E-state index is 13.2. The molecule has 206 valence electrons.